The SMILES string of the molecule is CC(O)(CNS(=O)(=O)c1ccc2ccccc2c1)c1ccsc1. The summed E-state index contributed by atoms with van der Waals surface area (Å²) in [6, 6.07) is 14.4. The molecule has 0 amide bonds. The van der Waals surface area contributed by atoms with Crippen molar-refractivity contribution in [1.29, 1.82) is 0 Å². The first-order chi connectivity index (χ1) is 10.9. The molecule has 3 aromatic rings. The average Bonchev–Trinajstić information content (AvgIpc) is 3.08. The first-order valence-corrected chi connectivity index (χ1v) is 9.55. The number of thiophene rings is 1. The van der Waals surface area contributed by atoms with E-state index in [4.69, 9.17) is 0 Å². The van der Waals surface area contributed by atoms with Gasteiger partial charge in [-0.2, -0.15) is 11.3 Å². The predicted octanol–water partition coefficient (Wildman–Crippen LogP) is 3.09. The molecule has 1 heterocycles. The Morgan fingerprint density at radius 1 is 1.13 bits per heavy atom. The van der Waals surface area contributed by atoms with E-state index in [2.05, 4.69) is 4.72 Å². The lowest BCUT2D eigenvalue weighted by molar-refractivity contribution is 0.0632. The van der Waals surface area contributed by atoms with Gasteiger partial charge in [-0.05, 0) is 52.2 Å². The van der Waals surface area contributed by atoms with Crippen LogP contribution in [0.15, 0.2) is 64.2 Å². The molecule has 0 spiro atoms. The Kier molecular flexibility index (Phi) is 4.25. The Bertz CT molecular complexity index is 916. The van der Waals surface area contributed by atoms with E-state index < -0.39 is 15.6 Å². The van der Waals surface area contributed by atoms with Gasteiger partial charge in [-0.15, -0.1) is 0 Å². The summed E-state index contributed by atoms with van der Waals surface area (Å²) in [7, 11) is -3.68. The maximum atomic E-state index is 12.5. The zero-order chi connectivity index (χ0) is 16.5. The van der Waals surface area contributed by atoms with Gasteiger partial charge in [0, 0.05) is 6.54 Å². The molecule has 0 radical (unpaired) electrons. The minimum atomic E-state index is -3.68. The zero-order valence-corrected chi connectivity index (χ0v) is 14.2. The van der Waals surface area contributed by atoms with Gasteiger partial charge in [-0.1, -0.05) is 30.3 Å². The lowest BCUT2D eigenvalue weighted by Crippen LogP contribution is -2.38. The van der Waals surface area contributed by atoms with Gasteiger partial charge < -0.3 is 5.11 Å². The summed E-state index contributed by atoms with van der Waals surface area (Å²) in [6.45, 7) is 1.51. The number of hydrogen-bond acceptors (Lipinski definition) is 4. The van der Waals surface area contributed by atoms with Crippen LogP contribution < -0.4 is 4.72 Å². The molecule has 0 bridgehead atoms. The summed E-state index contributed by atoms with van der Waals surface area (Å²) in [5.41, 5.74) is -0.548. The van der Waals surface area contributed by atoms with Crippen molar-refractivity contribution in [2.24, 2.45) is 0 Å². The highest BCUT2D eigenvalue weighted by Crippen LogP contribution is 2.23. The lowest BCUT2D eigenvalue weighted by atomic mass is 10.0. The van der Waals surface area contributed by atoms with Crippen molar-refractivity contribution >= 4 is 32.1 Å². The monoisotopic (exact) mass is 347 g/mol. The van der Waals surface area contributed by atoms with E-state index in [-0.39, 0.29) is 11.4 Å². The van der Waals surface area contributed by atoms with Crippen molar-refractivity contribution < 1.29 is 13.5 Å². The van der Waals surface area contributed by atoms with Gasteiger partial charge in [0.05, 0.1) is 4.90 Å². The molecule has 4 nitrogen and oxygen atoms in total. The summed E-state index contributed by atoms with van der Waals surface area (Å²) in [5.74, 6) is 0. The summed E-state index contributed by atoms with van der Waals surface area (Å²) < 4.78 is 27.4. The molecule has 0 aliphatic carbocycles. The largest absolute Gasteiger partial charge is 0.384 e. The Labute approximate surface area is 139 Å². The van der Waals surface area contributed by atoms with Crippen LogP contribution in [-0.2, 0) is 15.6 Å². The third kappa shape index (κ3) is 3.45. The molecule has 1 atom stereocenters. The van der Waals surface area contributed by atoms with Crippen LogP contribution in [0, 0.1) is 0 Å². The van der Waals surface area contributed by atoms with E-state index in [1.165, 1.54) is 11.3 Å². The molecule has 6 heteroatoms. The second-order valence-corrected chi connectivity index (χ2v) is 8.17. The van der Waals surface area contributed by atoms with Gasteiger partial charge >= 0.3 is 0 Å². The maximum absolute atomic E-state index is 12.5. The third-order valence-corrected chi connectivity index (χ3v) is 5.86. The van der Waals surface area contributed by atoms with Gasteiger partial charge in [0.25, 0.3) is 0 Å². The van der Waals surface area contributed by atoms with E-state index in [9.17, 15) is 13.5 Å². The minimum Gasteiger partial charge on any atom is -0.384 e. The fraction of sp³-hybridized carbons (Fsp3) is 0.176. The van der Waals surface area contributed by atoms with Gasteiger partial charge in [-0.3, -0.25) is 0 Å². The third-order valence-electron chi connectivity index (χ3n) is 3.78. The van der Waals surface area contributed by atoms with Crippen LogP contribution in [0.1, 0.15) is 12.5 Å². The van der Waals surface area contributed by atoms with Crippen LogP contribution in [-0.4, -0.2) is 20.1 Å². The van der Waals surface area contributed by atoms with E-state index in [0.29, 0.717) is 5.56 Å². The molecular weight excluding hydrogens is 330 g/mol. The Morgan fingerprint density at radius 2 is 1.87 bits per heavy atom. The number of fused-ring (bicyclic) bond motifs is 1. The quantitative estimate of drug-likeness (QED) is 0.745. The average molecular weight is 347 g/mol. The molecule has 2 N–H and O–H groups in total. The normalized spacial score (nSPS) is 14.7. The van der Waals surface area contributed by atoms with Crippen LogP contribution in [0.3, 0.4) is 0 Å². The Morgan fingerprint density at radius 3 is 2.57 bits per heavy atom. The maximum Gasteiger partial charge on any atom is 0.240 e. The molecule has 0 saturated carbocycles. The predicted molar refractivity (Wildman–Crippen MR) is 93.0 cm³/mol. The number of rotatable bonds is 5. The topological polar surface area (TPSA) is 66.4 Å². The molecule has 3 rings (SSSR count). The van der Waals surface area contributed by atoms with Gasteiger partial charge in [0.2, 0.25) is 10.0 Å². The fourth-order valence-electron chi connectivity index (χ4n) is 2.33. The van der Waals surface area contributed by atoms with Gasteiger partial charge in [0.15, 0.2) is 0 Å². The first-order valence-electron chi connectivity index (χ1n) is 7.12. The van der Waals surface area contributed by atoms with E-state index in [0.717, 1.165) is 10.8 Å². The van der Waals surface area contributed by atoms with Crippen LogP contribution in [0.4, 0.5) is 0 Å². The molecular formula is C17H17NO3S2. The zero-order valence-electron chi connectivity index (χ0n) is 12.6. The van der Waals surface area contributed by atoms with E-state index in [1.54, 1.807) is 31.2 Å². The van der Waals surface area contributed by atoms with Crippen molar-refractivity contribution in [2.75, 3.05) is 6.54 Å². The first kappa shape index (κ1) is 16.1. The molecule has 23 heavy (non-hydrogen) atoms. The number of hydrogen-bond donors (Lipinski definition) is 2. The molecule has 1 aromatic heterocycles. The number of benzene rings is 2. The molecule has 0 aliphatic rings. The lowest BCUT2D eigenvalue weighted by Gasteiger charge is -2.22. The number of nitrogens with one attached hydrogen (secondary N) is 1. The summed E-state index contributed by atoms with van der Waals surface area (Å²) in [4.78, 5) is 0.192. The minimum absolute atomic E-state index is 0.0844. The van der Waals surface area contributed by atoms with Crippen molar-refractivity contribution in [3.05, 3.63) is 64.9 Å². The summed E-state index contributed by atoms with van der Waals surface area (Å²) in [5, 5.41) is 15.9. The Hall–Kier alpha value is -1.73. The van der Waals surface area contributed by atoms with Crippen molar-refractivity contribution in [1.82, 2.24) is 4.72 Å². The van der Waals surface area contributed by atoms with Gasteiger partial charge in [-0.25, -0.2) is 13.1 Å². The Balaban J connectivity index is 1.83. The molecule has 0 saturated heterocycles. The van der Waals surface area contributed by atoms with E-state index in [1.807, 2.05) is 35.0 Å². The summed E-state index contributed by atoms with van der Waals surface area (Å²) >= 11 is 1.46. The van der Waals surface area contributed by atoms with Crippen molar-refractivity contribution in [3.63, 3.8) is 0 Å². The molecule has 2 aromatic carbocycles. The van der Waals surface area contributed by atoms with Crippen molar-refractivity contribution in [3.8, 4) is 0 Å². The van der Waals surface area contributed by atoms with Gasteiger partial charge in [0.1, 0.15) is 5.60 Å². The fourth-order valence-corrected chi connectivity index (χ4v) is 4.28. The number of sulfonamides is 1. The standard InChI is InChI=1S/C17H17NO3S2/c1-17(19,15-8-9-22-11-15)12-18-23(20,21)16-7-6-13-4-2-3-5-14(13)10-16/h2-11,18-19H,12H2,1H3. The van der Waals surface area contributed by atoms with E-state index >= 15 is 0 Å². The van der Waals surface area contributed by atoms with Crippen molar-refractivity contribution in [2.45, 2.75) is 17.4 Å². The second kappa shape index (κ2) is 6.05. The highest BCUT2D eigenvalue weighted by atomic mass is 32.2. The van der Waals surface area contributed by atoms with Crippen LogP contribution in [0.5, 0.6) is 0 Å². The molecule has 0 fully saturated rings. The van der Waals surface area contributed by atoms with Crippen LogP contribution in [0.2, 0.25) is 0 Å². The molecule has 0 aliphatic heterocycles. The smallest absolute Gasteiger partial charge is 0.240 e. The van der Waals surface area contributed by atoms with Crippen LogP contribution in [0.25, 0.3) is 10.8 Å². The second-order valence-electron chi connectivity index (χ2n) is 5.62. The summed E-state index contributed by atoms with van der Waals surface area (Å²) in [6.07, 6.45) is 0. The highest BCUT2D eigenvalue weighted by Gasteiger charge is 2.26. The highest BCUT2D eigenvalue weighted by molar-refractivity contribution is 7.89. The molecule has 120 valence electrons. The molecule has 1 unspecified atom stereocenters. The number of aliphatic hydroxyl groups is 1. The van der Waals surface area contributed by atoms with Crippen LogP contribution >= 0.6 is 11.3 Å².